The van der Waals surface area contributed by atoms with Crippen LogP contribution in [0.15, 0.2) is 54.7 Å². The van der Waals surface area contributed by atoms with Gasteiger partial charge in [-0.3, -0.25) is 15.8 Å². The number of nitrogens with one attached hydrogen (secondary N) is 3. The summed E-state index contributed by atoms with van der Waals surface area (Å²) in [6, 6.07) is 14.2. The van der Waals surface area contributed by atoms with Gasteiger partial charge in [0, 0.05) is 35.1 Å². The lowest BCUT2D eigenvalue weighted by Gasteiger charge is -2.17. The minimum absolute atomic E-state index is 0.000586. The Balaban J connectivity index is 1.77. The molecule has 3 aromatic rings. The number of nitrogen functional groups attached to an aromatic ring is 2. The van der Waals surface area contributed by atoms with E-state index in [1.54, 1.807) is 42.6 Å². The van der Waals surface area contributed by atoms with E-state index in [-0.39, 0.29) is 31.5 Å². The summed E-state index contributed by atoms with van der Waals surface area (Å²) in [7, 11) is 0. The molecule has 0 aliphatic carbocycles. The Bertz CT molecular complexity index is 1100. The smallest absolute Gasteiger partial charge is 0.149 e. The molecule has 0 amide bonds. The highest BCUT2D eigenvalue weighted by atomic mass is 16.5. The first kappa shape index (κ1) is 22.7. The Morgan fingerprint density at radius 1 is 0.906 bits per heavy atom. The van der Waals surface area contributed by atoms with Gasteiger partial charge in [-0.1, -0.05) is 24.3 Å². The molecule has 0 saturated carbocycles. The molecule has 1 aromatic heterocycles. The van der Waals surface area contributed by atoms with Crippen LogP contribution >= 0.6 is 0 Å². The minimum Gasteiger partial charge on any atom is -0.487 e. The number of aliphatic hydroxyl groups is 2. The van der Waals surface area contributed by atoms with Crippen molar-refractivity contribution in [3.63, 3.8) is 0 Å². The average Bonchev–Trinajstić information content (AvgIpc) is 2.81. The van der Waals surface area contributed by atoms with Crippen LogP contribution in [-0.4, -0.2) is 26.9 Å². The maximum atomic E-state index is 10.0. The number of aromatic nitrogens is 1. The zero-order valence-corrected chi connectivity index (χ0v) is 17.4. The van der Waals surface area contributed by atoms with E-state index in [1.807, 2.05) is 12.1 Å². The van der Waals surface area contributed by atoms with Crippen molar-refractivity contribution in [3.05, 3.63) is 88.2 Å². The maximum absolute atomic E-state index is 10.0. The van der Waals surface area contributed by atoms with Crippen molar-refractivity contribution in [2.45, 2.75) is 26.4 Å². The van der Waals surface area contributed by atoms with Crippen molar-refractivity contribution in [1.82, 2.24) is 4.98 Å². The fraction of sp³-hybridized carbons (Fsp3) is 0.174. The Labute approximate surface area is 185 Å². The van der Waals surface area contributed by atoms with Gasteiger partial charge < -0.3 is 31.7 Å². The van der Waals surface area contributed by atoms with Gasteiger partial charge in [0.25, 0.3) is 0 Å². The van der Waals surface area contributed by atoms with E-state index in [0.717, 1.165) is 16.8 Å². The van der Waals surface area contributed by atoms with Gasteiger partial charge in [-0.25, -0.2) is 0 Å². The van der Waals surface area contributed by atoms with Crippen molar-refractivity contribution in [2.24, 2.45) is 11.5 Å². The number of pyridine rings is 1. The van der Waals surface area contributed by atoms with Crippen molar-refractivity contribution in [2.75, 3.05) is 5.32 Å². The predicted octanol–water partition coefficient (Wildman–Crippen LogP) is 1.83. The van der Waals surface area contributed by atoms with E-state index in [1.165, 1.54) is 0 Å². The minimum atomic E-state index is -0.328. The number of anilines is 1. The second kappa shape index (κ2) is 10.4. The van der Waals surface area contributed by atoms with Crippen LogP contribution in [-0.2, 0) is 26.4 Å². The number of hydrogen-bond donors (Lipinski definition) is 7. The number of ether oxygens (including phenoxy) is 1. The van der Waals surface area contributed by atoms with E-state index in [2.05, 4.69) is 10.3 Å². The zero-order valence-electron chi connectivity index (χ0n) is 17.4. The summed E-state index contributed by atoms with van der Waals surface area (Å²) in [6.07, 6.45) is 1.60. The standard InChI is InChI=1S/C23H26N6O3/c24-22(25)15-3-1-14(2-4-15)13-32-21-19(11-30)17(10-29-20(21)12-31)9-28-18-7-5-16(6-8-18)23(26)27/h1-8,10,28,30-31H,9,11-13H2,(H3,24,25)(H3,26,27). The monoisotopic (exact) mass is 434 g/mol. The van der Waals surface area contributed by atoms with Crippen LogP contribution in [0.3, 0.4) is 0 Å². The molecule has 0 bridgehead atoms. The van der Waals surface area contributed by atoms with Gasteiger partial charge >= 0.3 is 0 Å². The van der Waals surface area contributed by atoms with Crippen LogP contribution in [0.1, 0.15) is 33.5 Å². The van der Waals surface area contributed by atoms with E-state index >= 15 is 0 Å². The van der Waals surface area contributed by atoms with Crippen molar-refractivity contribution < 1.29 is 14.9 Å². The van der Waals surface area contributed by atoms with Crippen LogP contribution in [0, 0.1) is 10.8 Å². The van der Waals surface area contributed by atoms with Gasteiger partial charge in [0.15, 0.2) is 0 Å². The van der Waals surface area contributed by atoms with Crippen LogP contribution in [0.2, 0.25) is 0 Å². The maximum Gasteiger partial charge on any atom is 0.149 e. The number of nitrogens with zero attached hydrogens (tertiary/aromatic N) is 1. The SMILES string of the molecule is N=C(N)c1ccc(COc2c(CO)ncc(CNc3ccc(C(=N)N)cc3)c2CO)cc1. The molecule has 0 spiro atoms. The van der Waals surface area contributed by atoms with Crippen molar-refractivity contribution >= 4 is 17.4 Å². The molecule has 2 aromatic carbocycles. The molecule has 32 heavy (non-hydrogen) atoms. The molecule has 9 nitrogen and oxygen atoms in total. The molecule has 0 atom stereocenters. The lowest BCUT2D eigenvalue weighted by molar-refractivity contribution is 0.237. The summed E-state index contributed by atoms with van der Waals surface area (Å²) in [5.41, 5.74) is 15.5. The molecular formula is C23H26N6O3. The van der Waals surface area contributed by atoms with Crippen molar-refractivity contribution in [1.29, 1.82) is 10.8 Å². The lowest BCUT2D eigenvalue weighted by Crippen LogP contribution is -2.12. The number of benzene rings is 2. The van der Waals surface area contributed by atoms with E-state index in [4.69, 9.17) is 27.0 Å². The first-order valence-corrected chi connectivity index (χ1v) is 9.88. The second-order valence-electron chi connectivity index (χ2n) is 7.10. The molecule has 0 unspecified atom stereocenters. The third kappa shape index (κ3) is 5.39. The molecule has 9 heteroatoms. The second-order valence-corrected chi connectivity index (χ2v) is 7.10. The molecule has 0 fully saturated rings. The van der Waals surface area contributed by atoms with Gasteiger partial charge in [0.1, 0.15) is 29.7 Å². The summed E-state index contributed by atoms with van der Waals surface area (Å²) in [5, 5.41) is 37.9. The Hall–Kier alpha value is -3.95. The molecule has 9 N–H and O–H groups in total. The highest BCUT2D eigenvalue weighted by Crippen LogP contribution is 2.28. The summed E-state index contributed by atoms with van der Waals surface area (Å²) in [5.74, 6) is 0.334. The molecule has 0 saturated heterocycles. The third-order valence-corrected chi connectivity index (χ3v) is 4.93. The van der Waals surface area contributed by atoms with Crippen LogP contribution in [0.4, 0.5) is 5.69 Å². The highest BCUT2D eigenvalue weighted by molar-refractivity contribution is 5.95. The van der Waals surface area contributed by atoms with E-state index < -0.39 is 0 Å². The Morgan fingerprint density at radius 3 is 2.03 bits per heavy atom. The molecule has 3 rings (SSSR count). The topological polar surface area (TPSA) is 174 Å². The molecule has 0 aliphatic heterocycles. The van der Waals surface area contributed by atoms with Crippen LogP contribution < -0.4 is 21.5 Å². The Morgan fingerprint density at radius 2 is 1.50 bits per heavy atom. The van der Waals surface area contributed by atoms with Gasteiger partial charge in [0.2, 0.25) is 0 Å². The third-order valence-electron chi connectivity index (χ3n) is 4.93. The molecule has 166 valence electrons. The quantitative estimate of drug-likeness (QED) is 0.188. The largest absolute Gasteiger partial charge is 0.487 e. The predicted molar refractivity (Wildman–Crippen MR) is 123 cm³/mol. The Kier molecular flexibility index (Phi) is 7.37. The molecule has 0 aliphatic rings. The number of amidine groups is 2. The van der Waals surface area contributed by atoms with Crippen molar-refractivity contribution in [3.8, 4) is 5.75 Å². The molecule has 0 radical (unpaired) electrons. The number of hydrogen-bond acceptors (Lipinski definition) is 7. The van der Waals surface area contributed by atoms with Gasteiger partial charge in [-0.05, 0) is 35.4 Å². The summed E-state index contributed by atoms with van der Waals surface area (Å²) in [4.78, 5) is 4.29. The normalized spacial score (nSPS) is 10.6. The average molecular weight is 435 g/mol. The van der Waals surface area contributed by atoms with E-state index in [9.17, 15) is 10.2 Å². The summed E-state index contributed by atoms with van der Waals surface area (Å²) >= 11 is 0. The van der Waals surface area contributed by atoms with E-state index in [0.29, 0.717) is 34.7 Å². The first-order chi connectivity index (χ1) is 15.4. The highest BCUT2D eigenvalue weighted by Gasteiger charge is 2.16. The summed E-state index contributed by atoms with van der Waals surface area (Å²) in [6.45, 7) is -0.0405. The number of nitrogens with two attached hydrogens (primary N) is 2. The molecular weight excluding hydrogens is 408 g/mol. The number of aliphatic hydroxyl groups excluding tert-OH is 2. The van der Waals surface area contributed by atoms with Gasteiger partial charge in [-0.2, -0.15) is 0 Å². The molecule has 1 heterocycles. The van der Waals surface area contributed by atoms with Crippen LogP contribution in [0.25, 0.3) is 0 Å². The zero-order chi connectivity index (χ0) is 23.1. The van der Waals surface area contributed by atoms with Gasteiger partial charge in [-0.15, -0.1) is 0 Å². The number of rotatable bonds is 10. The van der Waals surface area contributed by atoms with Gasteiger partial charge in [0.05, 0.1) is 13.2 Å². The van der Waals surface area contributed by atoms with Crippen LogP contribution in [0.5, 0.6) is 5.75 Å². The fourth-order valence-electron chi connectivity index (χ4n) is 3.12. The first-order valence-electron chi connectivity index (χ1n) is 9.88. The fourth-order valence-corrected chi connectivity index (χ4v) is 3.12. The lowest BCUT2D eigenvalue weighted by atomic mass is 10.1. The summed E-state index contributed by atoms with van der Waals surface area (Å²) < 4.78 is 5.94.